The molecule has 21 heavy (non-hydrogen) atoms. The molecule has 0 spiro atoms. The van der Waals surface area contributed by atoms with Gasteiger partial charge in [0, 0.05) is 12.6 Å². The smallest absolute Gasteiger partial charge is 0.304 e. The Kier molecular flexibility index (Phi) is 8.42. The van der Waals surface area contributed by atoms with Crippen LogP contribution >= 0.6 is 0 Å². The summed E-state index contributed by atoms with van der Waals surface area (Å²) in [6.45, 7) is 1.28. The molecule has 1 aromatic carbocycles. The van der Waals surface area contributed by atoms with E-state index in [4.69, 9.17) is 19.7 Å². The Balaban J connectivity index is 2.45. The molecule has 0 radical (unpaired) electrons. The Morgan fingerprint density at radius 3 is 2.57 bits per heavy atom. The summed E-state index contributed by atoms with van der Waals surface area (Å²) in [7, 11) is 1.61. The van der Waals surface area contributed by atoms with Crippen molar-refractivity contribution in [2.45, 2.75) is 18.9 Å². The molecule has 6 heteroatoms. The van der Waals surface area contributed by atoms with Gasteiger partial charge in [-0.25, -0.2) is 0 Å². The summed E-state index contributed by atoms with van der Waals surface area (Å²) in [6, 6.07) is 7.42. The van der Waals surface area contributed by atoms with Crippen LogP contribution in [0.1, 0.15) is 12.0 Å². The van der Waals surface area contributed by atoms with Gasteiger partial charge in [0.1, 0.15) is 5.75 Å². The number of benzene rings is 1. The number of aliphatic hydroxyl groups is 1. The lowest BCUT2D eigenvalue weighted by Gasteiger charge is -2.17. The molecular weight excluding hydrogens is 274 g/mol. The van der Waals surface area contributed by atoms with Gasteiger partial charge in [-0.15, -0.1) is 0 Å². The first-order chi connectivity index (χ1) is 10.2. The molecule has 0 bridgehead atoms. The fourth-order valence-electron chi connectivity index (χ4n) is 1.98. The van der Waals surface area contributed by atoms with E-state index in [9.17, 15) is 4.79 Å². The van der Waals surface area contributed by atoms with Crippen LogP contribution in [0.5, 0.6) is 5.75 Å². The molecular formula is C15H23NO5. The third-order valence-corrected chi connectivity index (χ3v) is 2.98. The average Bonchev–Trinajstić information content (AvgIpc) is 2.47. The van der Waals surface area contributed by atoms with Gasteiger partial charge in [0.25, 0.3) is 0 Å². The molecule has 1 unspecified atom stereocenters. The molecule has 0 aliphatic rings. The molecule has 6 nitrogen and oxygen atoms in total. The highest BCUT2D eigenvalue weighted by molar-refractivity contribution is 5.67. The Bertz CT molecular complexity index is 407. The van der Waals surface area contributed by atoms with Gasteiger partial charge in [0.05, 0.1) is 33.4 Å². The summed E-state index contributed by atoms with van der Waals surface area (Å²) in [5, 5.41) is 20.7. The lowest BCUT2D eigenvalue weighted by Crippen LogP contribution is -2.35. The molecule has 0 fully saturated rings. The SMILES string of the molecule is COc1ccc(CC(CC(=O)O)NCCOCCO)cc1. The fraction of sp³-hybridized carbons (Fsp3) is 0.533. The Labute approximate surface area is 124 Å². The van der Waals surface area contributed by atoms with Crippen molar-refractivity contribution in [1.82, 2.24) is 5.32 Å². The van der Waals surface area contributed by atoms with E-state index in [1.54, 1.807) is 7.11 Å². The third-order valence-electron chi connectivity index (χ3n) is 2.98. The van der Waals surface area contributed by atoms with Gasteiger partial charge in [-0.1, -0.05) is 12.1 Å². The first-order valence-electron chi connectivity index (χ1n) is 6.92. The number of hydrogen-bond acceptors (Lipinski definition) is 5. The highest BCUT2D eigenvalue weighted by Gasteiger charge is 2.13. The average molecular weight is 297 g/mol. The summed E-state index contributed by atoms with van der Waals surface area (Å²) in [5.41, 5.74) is 1.05. The molecule has 0 aromatic heterocycles. The van der Waals surface area contributed by atoms with E-state index in [-0.39, 0.29) is 19.1 Å². The molecule has 0 heterocycles. The highest BCUT2D eigenvalue weighted by atomic mass is 16.5. The summed E-state index contributed by atoms with van der Waals surface area (Å²) in [4.78, 5) is 10.9. The van der Waals surface area contributed by atoms with E-state index < -0.39 is 5.97 Å². The zero-order valence-electron chi connectivity index (χ0n) is 12.2. The van der Waals surface area contributed by atoms with E-state index in [0.29, 0.717) is 26.2 Å². The zero-order chi connectivity index (χ0) is 15.5. The molecule has 1 rings (SSSR count). The van der Waals surface area contributed by atoms with Crippen molar-refractivity contribution in [3.63, 3.8) is 0 Å². The Morgan fingerprint density at radius 2 is 2.00 bits per heavy atom. The number of carboxylic acid groups (broad SMARTS) is 1. The number of methoxy groups -OCH3 is 1. The van der Waals surface area contributed by atoms with Gasteiger partial charge >= 0.3 is 5.97 Å². The Hall–Kier alpha value is -1.63. The predicted octanol–water partition coefficient (Wildman–Crippen LogP) is 0.680. The summed E-state index contributed by atoms with van der Waals surface area (Å²) < 4.78 is 10.2. The second-order valence-electron chi connectivity index (χ2n) is 4.64. The fourth-order valence-corrected chi connectivity index (χ4v) is 1.98. The molecule has 0 aliphatic carbocycles. The normalized spacial score (nSPS) is 12.1. The quantitative estimate of drug-likeness (QED) is 0.521. The Morgan fingerprint density at radius 1 is 1.29 bits per heavy atom. The number of carboxylic acids is 1. The van der Waals surface area contributed by atoms with Crippen molar-refractivity contribution in [1.29, 1.82) is 0 Å². The molecule has 118 valence electrons. The minimum atomic E-state index is -0.836. The number of hydrogen-bond donors (Lipinski definition) is 3. The van der Waals surface area contributed by atoms with Gasteiger partial charge in [0.2, 0.25) is 0 Å². The van der Waals surface area contributed by atoms with E-state index >= 15 is 0 Å². The van der Waals surface area contributed by atoms with E-state index in [1.165, 1.54) is 0 Å². The lowest BCUT2D eigenvalue weighted by atomic mass is 10.0. The second-order valence-corrected chi connectivity index (χ2v) is 4.64. The predicted molar refractivity (Wildman–Crippen MR) is 78.6 cm³/mol. The van der Waals surface area contributed by atoms with Gasteiger partial charge in [-0.2, -0.15) is 0 Å². The van der Waals surface area contributed by atoms with Crippen LogP contribution < -0.4 is 10.1 Å². The first kappa shape index (κ1) is 17.4. The van der Waals surface area contributed by atoms with Crippen molar-refractivity contribution in [3.05, 3.63) is 29.8 Å². The second kappa shape index (κ2) is 10.1. The van der Waals surface area contributed by atoms with Crippen LogP contribution in [0.25, 0.3) is 0 Å². The maximum atomic E-state index is 10.9. The molecule has 0 aliphatic heterocycles. The summed E-state index contributed by atoms with van der Waals surface area (Å²) in [6.07, 6.45) is 0.669. The minimum absolute atomic E-state index is 0.00952. The van der Waals surface area contributed by atoms with Gasteiger partial charge < -0.3 is 25.0 Å². The van der Waals surface area contributed by atoms with Crippen LogP contribution in [0.4, 0.5) is 0 Å². The van der Waals surface area contributed by atoms with Crippen molar-refractivity contribution in [3.8, 4) is 5.75 Å². The number of ether oxygens (including phenoxy) is 2. The highest BCUT2D eigenvalue weighted by Crippen LogP contribution is 2.13. The first-order valence-corrected chi connectivity index (χ1v) is 6.92. The van der Waals surface area contributed by atoms with Crippen molar-refractivity contribution in [2.24, 2.45) is 0 Å². The van der Waals surface area contributed by atoms with Crippen molar-refractivity contribution < 1.29 is 24.5 Å². The monoisotopic (exact) mass is 297 g/mol. The van der Waals surface area contributed by atoms with Crippen LogP contribution in [-0.2, 0) is 16.0 Å². The summed E-state index contributed by atoms with van der Waals surface area (Å²) >= 11 is 0. The maximum absolute atomic E-state index is 10.9. The number of rotatable bonds is 11. The molecule has 0 saturated heterocycles. The number of carbonyl (C=O) groups is 1. The van der Waals surface area contributed by atoms with E-state index in [2.05, 4.69) is 5.32 Å². The van der Waals surface area contributed by atoms with Crippen LogP contribution in [0, 0.1) is 0 Å². The number of aliphatic hydroxyl groups excluding tert-OH is 1. The maximum Gasteiger partial charge on any atom is 0.304 e. The zero-order valence-corrected chi connectivity index (χ0v) is 12.2. The number of aliphatic carboxylic acids is 1. The molecule has 1 aromatic rings. The largest absolute Gasteiger partial charge is 0.497 e. The topological polar surface area (TPSA) is 88.0 Å². The molecule has 3 N–H and O–H groups in total. The van der Waals surface area contributed by atoms with Gasteiger partial charge in [-0.3, -0.25) is 4.79 Å². The van der Waals surface area contributed by atoms with Crippen molar-refractivity contribution >= 4 is 5.97 Å². The van der Waals surface area contributed by atoms with Crippen LogP contribution in [-0.4, -0.2) is 55.7 Å². The summed E-state index contributed by atoms with van der Waals surface area (Å²) in [5.74, 6) is -0.0591. The van der Waals surface area contributed by atoms with E-state index in [1.807, 2.05) is 24.3 Å². The van der Waals surface area contributed by atoms with Crippen molar-refractivity contribution in [2.75, 3.05) is 33.5 Å². The van der Waals surface area contributed by atoms with Crippen LogP contribution in [0.15, 0.2) is 24.3 Å². The lowest BCUT2D eigenvalue weighted by molar-refractivity contribution is -0.137. The van der Waals surface area contributed by atoms with Crippen LogP contribution in [0.2, 0.25) is 0 Å². The van der Waals surface area contributed by atoms with Crippen LogP contribution in [0.3, 0.4) is 0 Å². The molecule has 0 saturated carbocycles. The number of nitrogens with one attached hydrogen (secondary N) is 1. The van der Waals surface area contributed by atoms with E-state index in [0.717, 1.165) is 11.3 Å². The standard InChI is InChI=1S/C15H23NO5/c1-20-14-4-2-12(3-5-14)10-13(11-15(18)19)16-6-8-21-9-7-17/h2-5,13,16-17H,6-11H2,1H3,(H,18,19). The third kappa shape index (κ3) is 7.65. The van der Waals surface area contributed by atoms with Gasteiger partial charge in [-0.05, 0) is 24.1 Å². The molecule has 0 amide bonds. The van der Waals surface area contributed by atoms with Gasteiger partial charge in [0.15, 0.2) is 0 Å². The minimum Gasteiger partial charge on any atom is -0.497 e. The molecule has 1 atom stereocenters.